The molecule has 1 heterocycles. The van der Waals surface area contributed by atoms with E-state index in [1.165, 1.54) is 19.2 Å². The van der Waals surface area contributed by atoms with Gasteiger partial charge in [-0.05, 0) is 12.1 Å². The summed E-state index contributed by atoms with van der Waals surface area (Å²) in [7, 11) is 1.28. The van der Waals surface area contributed by atoms with Gasteiger partial charge in [-0.1, -0.05) is 0 Å². The van der Waals surface area contributed by atoms with E-state index in [1.807, 2.05) is 0 Å². The molecule has 0 spiro atoms. The Hall–Kier alpha value is -1.99. The van der Waals surface area contributed by atoms with Crippen LogP contribution in [0.1, 0.15) is 0 Å². The second kappa shape index (κ2) is 3.54. The topological polar surface area (TPSA) is 99.5 Å². The van der Waals surface area contributed by atoms with Gasteiger partial charge in [0, 0.05) is 0 Å². The van der Waals surface area contributed by atoms with Gasteiger partial charge in [0.1, 0.15) is 5.69 Å². The van der Waals surface area contributed by atoms with E-state index in [1.54, 1.807) is 0 Å². The van der Waals surface area contributed by atoms with E-state index < -0.39 is 12.2 Å². The molecule has 1 aromatic rings. The number of aromatic hydroxyl groups is 1. The first kappa shape index (κ1) is 10.5. The first-order valence-corrected chi connectivity index (χ1v) is 4.33. The number of phenolic OH excluding ortho intramolecular Hbond substituents is 1. The third kappa shape index (κ3) is 1.34. The van der Waals surface area contributed by atoms with Crippen LogP contribution >= 0.6 is 0 Å². The number of anilines is 1. The number of phenols is 1. The van der Waals surface area contributed by atoms with Crippen molar-refractivity contribution in [1.29, 1.82) is 0 Å². The molecular weight excluding hydrogens is 218 g/mol. The number of nitrogens with zero attached hydrogens (tertiary/aromatic N) is 1. The number of methoxy groups -OCH3 is 1. The standard InChI is InChI=1S/C9H9NO6/c1-15-7-5(11)3-2-4-6(7)16-9(13)8(12)10(4)14/h2-3,9,11,13-14H,1H3. The van der Waals surface area contributed by atoms with Crippen LogP contribution in [0.4, 0.5) is 5.69 Å². The number of carbonyl (C=O) groups excluding carboxylic acids is 1. The Kier molecular flexibility index (Phi) is 2.33. The molecule has 0 bridgehead atoms. The van der Waals surface area contributed by atoms with Crippen LogP contribution in [-0.4, -0.2) is 34.7 Å². The molecule has 7 heteroatoms. The van der Waals surface area contributed by atoms with Crippen LogP contribution in [0.3, 0.4) is 0 Å². The quantitative estimate of drug-likeness (QED) is 0.576. The van der Waals surface area contributed by atoms with Crippen molar-refractivity contribution in [2.24, 2.45) is 0 Å². The highest BCUT2D eigenvalue weighted by molar-refractivity contribution is 5.97. The van der Waals surface area contributed by atoms with E-state index in [2.05, 4.69) is 0 Å². The van der Waals surface area contributed by atoms with Crippen molar-refractivity contribution in [2.45, 2.75) is 6.29 Å². The fourth-order valence-corrected chi connectivity index (χ4v) is 1.41. The molecule has 0 aliphatic carbocycles. The summed E-state index contributed by atoms with van der Waals surface area (Å²) in [5.41, 5.74) is -0.00931. The third-order valence-electron chi connectivity index (χ3n) is 2.15. The maximum absolute atomic E-state index is 11.2. The first-order chi connectivity index (χ1) is 7.56. The minimum absolute atomic E-state index is 0.00931. The normalized spacial score (nSPS) is 19.1. The predicted molar refractivity (Wildman–Crippen MR) is 50.6 cm³/mol. The zero-order valence-corrected chi connectivity index (χ0v) is 8.25. The van der Waals surface area contributed by atoms with Gasteiger partial charge in [0.15, 0.2) is 11.5 Å². The largest absolute Gasteiger partial charge is 0.504 e. The number of benzene rings is 1. The van der Waals surface area contributed by atoms with Gasteiger partial charge in [0.05, 0.1) is 7.11 Å². The van der Waals surface area contributed by atoms with Crippen molar-refractivity contribution in [3.63, 3.8) is 0 Å². The van der Waals surface area contributed by atoms with E-state index in [0.29, 0.717) is 0 Å². The molecule has 1 aliphatic rings. The zero-order chi connectivity index (χ0) is 11.9. The second-order valence-corrected chi connectivity index (χ2v) is 3.09. The van der Waals surface area contributed by atoms with E-state index in [0.717, 1.165) is 0 Å². The van der Waals surface area contributed by atoms with Gasteiger partial charge in [0.2, 0.25) is 5.75 Å². The van der Waals surface area contributed by atoms with E-state index >= 15 is 0 Å². The number of hydrogen-bond donors (Lipinski definition) is 3. The fraction of sp³-hybridized carbons (Fsp3) is 0.222. The van der Waals surface area contributed by atoms with Crippen LogP contribution < -0.4 is 14.5 Å². The number of rotatable bonds is 1. The van der Waals surface area contributed by atoms with Crippen LogP contribution in [0.25, 0.3) is 0 Å². The van der Waals surface area contributed by atoms with Crippen LogP contribution in [-0.2, 0) is 4.79 Å². The summed E-state index contributed by atoms with van der Waals surface area (Å²) in [6.45, 7) is 0. The van der Waals surface area contributed by atoms with Gasteiger partial charge in [-0.25, -0.2) is 0 Å². The average molecular weight is 227 g/mol. The smallest absolute Gasteiger partial charge is 0.320 e. The molecular formula is C9H9NO6. The molecule has 0 aromatic heterocycles. The highest BCUT2D eigenvalue weighted by Gasteiger charge is 2.35. The molecule has 86 valence electrons. The summed E-state index contributed by atoms with van der Waals surface area (Å²) in [5, 5.41) is 28.3. The molecule has 1 aliphatic heterocycles. The maximum atomic E-state index is 11.2. The number of hydrogen-bond acceptors (Lipinski definition) is 6. The number of aliphatic hydroxyl groups is 1. The van der Waals surface area contributed by atoms with Gasteiger partial charge in [-0.15, -0.1) is 0 Å². The van der Waals surface area contributed by atoms with Crippen molar-refractivity contribution in [3.05, 3.63) is 12.1 Å². The van der Waals surface area contributed by atoms with E-state index in [-0.39, 0.29) is 28.0 Å². The van der Waals surface area contributed by atoms with Gasteiger partial charge >= 0.3 is 5.91 Å². The van der Waals surface area contributed by atoms with Crippen LogP contribution in [0, 0.1) is 0 Å². The highest BCUT2D eigenvalue weighted by atomic mass is 16.6. The lowest BCUT2D eigenvalue weighted by atomic mass is 10.2. The molecule has 16 heavy (non-hydrogen) atoms. The Morgan fingerprint density at radius 3 is 2.81 bits per heavy atom. The van der Waals surface area contributed by atoms with E-state index in [4.69, 9.17) is 9.47 Å². The molecule has 0 fully saturated rings. The third-order valence-corrected chi connectivity index (χ3v) is 2.15. The second-order valence-electron chi connectivity index (χ2n) is 3.09. The lowest BCUT2D eigenvalue weighted by Crippen LogP contribution is -2.44. The fourth-order valence-electron chi connectivity index (χ4n) is 1.41. The van der Waals surface area contributed by atoms with Gasteiger partial charge in [0.25, 0.3) is 6.29 Å². The van der Waals surface area contributed by atoms with Gasteiger partial charge < -0.3 is 19.7 Å². The summed E-state index contributed by atoms with van der Waals surface area (Å²) in [6, 6.07) is 2.49. The summed E-state index contributed by atoms with van der Waals surface area (Å²) < 4.78 is 9.68. The lowest BCUT2D eigenvalue weighted by molar-refractivity contribution is -0.148. The van der Waals surface area contributed by atoms with Crippen molar-refractivity contribution in [1.82, 2.24) is 0 Å². The summed E-state index contributed by atoms with van der Waals surface area (Å²) >= 11 is 0. The summed E-state index contributed by atoms with van der Waals surface area (Å²) in [6.07, 6.45) is -1.83. The van der Waals surface area contributed by atoms with Gasteiger partial charge in [-0.2, -0.15) is 5.06 Å². The van der Waals surface area contributed by atoms with Crippen LogP contribution in [0.15, 0.2) is 12.1 Å². The Morgan fingerprint density at radius 2 is 2.19 bits per heavy atom. The van der Waals surface area contributed by atoms with Crippen molar-refractivity contribution >= 4 is 11.6 Å². The van der Waals surface area contributed by atoms with Crippen LogP contribution in [0.2, 0.25) is 0 Å². The zero-order valence-electron chi connectivity index (χ0n) is 8.25. The number of fused-ring (bicyclic) bond motifs is 1. The lowest BCUT2D eigenvalue weighted by Gasteiger charge is -2.28. The minimum Gasteiger partial charge on any atom is -0.504 e. The first-order valence-electron chi connectivity index (χ1n) is 4.33. The average Bonchev–Trinajstić information content (AvgIpc) is 2.26. The predicted octanol–water partition coefficient (Wildman–Crippen LogP) is -0.166. The Balaban J connectivity index is 2.60. The SMILES string of the molecule is COc1c(O)ccc2c1OC(O)C(=O)N2O. The van der Waals surface area contributed by atoms with E-state index in [9.17, 15) is 20.2 Å². The minimum atomic E-state index is -1.83. The number of amides is 1. The number of aliphatic hydroxyl groups excluding tert-OH is 1. The maximum Gasteiger partial charge on any atom is 0.320 e. The van der Waals surface area contributed by atoms with Crippen molar-refractivity contribution < 1.29 is 29.7 Å². The number of carbonyl (C=O) groups is 1. The van der Waals surface area contributed by atoms with Crippen LogP contribution in [0.5, 0.6) is 17.2 Å². The molecule has 7 nitrogen and oxygen atoms in total. The Labute approximate surface area is 90.0 Å². The molecule has 0 saturated heterocycles. The molecule has 2 rings (SSSR count). The molecule has 1 aromatic carbocycles. The number of hydroxylamine groups is 1. The molecule has 1 amide bonds. The van der Waals surface area contributed by atoms with Gasteiger partial charge in [-0.3, -0.25) is 10.0 Å². The monoisotopic (exact) mass is 227 g/mol. The molecule has 3 N–H and O–H groups in total. The Morgan fingerprint density at radius 1 is 1.50 bits per heavy atom. The molecule has 0 saturated carbocycles. The summed E-state index contributed by atoms with van der Waals surface area (Å²) in [4.78, 5) is 11.2. The molecule has 1 unspecified atom stereocenters. The molecule has 1 atom stereocenters. The molecule has 0 radical (unpaired) electrons. The highest BCUT2D eigenvalue weighted by Crippen LogP contribution is 2.45. The summed E-state index contributed by atoms with van der Waals surface area (Å²) in [5.74, 6) is -1.41. The Bertz CT molecular complexity index is 446. The number of ether oxygens (including phenoxy) is 2. The van der Waals surface area contributed by atoms with Crippen molar-refractivity contribution in [3.8, 4) is 17.2 Å². The van der Waals surface area contributed by atoms with Crippen molar-refractivity contribution in [2.75, 3.05) is 12.2 Å².